The molecule has 0 radical (unpaired) electrons. The molecule has 2 N–H and O–H groups in total. The number of carbonyl (C=O) groups excluding carboxylic acids is 1. The zero-order valence-electron chi connectivity index (χ0n) is 11.9. The molecule has 1 aromatic heterocycles. The fraction of sp³-hybridized carbons (Fsp3) is 0.154. The van der Waals surface area contributed by atoms with Crippen LogP contribution in [0.15, 0.2) is 29.5 Å². The third-order valence-corrected chi connectivity index (χ3v) is 2.74. The van der Waals surface area contributed by atoms with Crippen molar-refractivity contribution in [1.29, 1.82) is 0 Å². The van der Waals surface area contributed by atoms with E-state index < -0.39 is 10.9 Å². The molecule has 0 saturated carbocycles. The maximum atomic E-state index is 11.5. The molecule has 114 valence electrons. The van der Waals surface area contributed by atoms with Gasteiger partial charge in [-0.2, -0.15) is 5.10 Å². The van der Waals surface area contributed by atoms with Crippen LogP contribution in [0.5, 0.6) is 0 Å². The summed E-state index contributed by atoms with van der Waals surface area (Å²) < 4.78 is 5.90. The predicted octanol–water partition coefficient (Wildman–Crippen LogP) is 1.35. The van der Waals surface area contributed by atoms with Crippen molar-refractivity contribution in [2.45, 2.75) is 6.92 Å². The lowest BCUT2D eigenvalue weighted by molar-refractivity contribution is -0.384. The van der Waals surface area contributed by atoms with Crippen molar-refractivity contribution in [3.05, 3.63) is 51.3 Å². The van der Waals surface area contributed by atoms with E-state index in [4.69, 9.17) is 5.73 Å². The number of carbonyl (C=O) groups is 1. The quantitative estimate of drug-likeness (QED) is 0.393. The van der Waals surface area contributed by atoms with Crippen LogP contribution < -0.4 is 5.73 Å². The number of aromatic nitrogens is 2. The summed E-state index contributed by atoms with van der Waals surface area (Å²) in [6.45, 7) is 1.76. The Morgan fingerprint density at radius 3 is 2.77 bits per heavy atom. The lowest BCUT2D eigenvalue weighted by atomic mass is 10.1. The van der Waals surface area contributed by atoms with E-state index >= 15 is 0 Å². The number of methoxy groups -OCH3 is 1. The highest BCUT2D eigenvalue weighted by Crippen LogP contribution is 2.17. The van der Waals surface area contributed by atoms with E-state index in [1.807, 2.05) is 0 Å². The molecule has 2 aromatic rings. The number of benzene rings is 1. The number of nitro benzene ring substituents is 1. The molecule has 0 spiro atoms. The largest absolute Gasteiger partial charge is 0.465 e. The number of nitrogens with zero attached hydrogens (tertiary/aromatic N) is 4. The minimum atomic E-state index is -0.670. The van der Waals surface area contributed by atoms with Gasteiger partial charge in [-0.25, -0.2) is 14.5 Å². The number of nitro groups is 1. The summed E-state index contributed by atoms with van der Waals surface area (Å²) in [5, 5.41) is 15.0. The van der Waals surface area contributed by atoms with Crippen molar-refractivity contribution < 1.29 is 14.5 Å². The molecular formula is C13H13N5O4. The van der Waals surface area contributed by atoms with Gasteiger partial charge in [0.05, 0.1) is 35.7 Å². The molecule has 0 aliphatic heterocycles. The van der Waals surface area contributed by atoms with E-state index in [1.54, 1.807) is 13.1 Å². The number of hydrogen-bond acceptors (Lipinski definition) is 7. The topological polar surface area (TPSA) is 126 Å². The average molecular weight is 303 g/mol. The van der Waals surface area contributed by atoms with Gasteiger partial charge in [-0.1, -0.05) is 0 Å². The third-order valence-electron chi connectivity index (χ3n) is 2.74. The maximum absolute atomic E-state index is 11.5. The van der Waals surface area contributed by atoms with Crippen LogP contribution in [0.25, 0.3) is 0 Å². The number of nitrogen functional groups attached to an aromatic ring is 1. The zero-order valence-corrected chi connectivity index (χ0v) is 11.9. The lowest BCUT2D eigenvalue weighted by Gasteiger charge is -2.01. The smallest absolute Gasteiger partial charge is 0.338 e. The van der Waals surface area contributed by atoms with E-state index in [9.17, 15) is 14.9 Å². The van der Waals surface area contributed by atoms with Gasteiger partial charge < -0.3 is 10.5 Å². The summed E-state index contributed by atoms with van der Waals surface area (Å²) >= 11 is 0. The monoisotopic (exact) mass is 303 g/mol. The van der Waals surface area contributed by atoms with Crippen LogP contribution in [0.4, 0.5) is 11.6 Å². The summed E-state index contributed by atoms with van der Waals surface area (Å²) in [6.07, 6.45) is 2.95. The normalized spacial score (nSPS) is 10.8. The summed E-state index contributed by atoms with van der Waals surface area (Å²) in [5.74, 6) is -0.483. The summed E-state index contributed by atoms with van der Waals surface area (Å²) in [7, 11) is 1.20. The Kier molecular flexibility index (Phi) is 4.16. The molecule has 0 fully saturated rings. The fourth-order valence-electron chi connectivity index (χ4n) is 1.78. The summed E-state index contributed by atoms with van der Waals surface area (Å²) in [4.78, 5) is 25.8. The molecule has 0 aliphatic carbocycles. The number of esters is 1. The van der Waals surface area contributed by atoms with E-state index in [0.717, 1.165) is 6.07 Å². The number of ether oxygens (including phenoxy) is 1. The van der Waals surface area contributed by atoms with Gasteiger partial charge >= 0.3 is 5.97 Å². The highest BCUT2D eigenvalue weighted by atomic mass is 16.6. The molecule has 1 heterocycles. The predicted molar refractivity (Wildman–Crippen MR) is 78.8 cm³/mol. The summed E-state index contributed by atoms with van der Waals surface area (Å²) in [5.41, 5.74) is 6.51. The Balaban J connectivity index is 2.41. The van der Waals surface area contributed by atoms with Crippen LogP contribution in [0.3, 0.4) is 0 Å². The second-order valence-corrected chi connectivity index (χ2v) is 4.39. The molecular weight excluding hydrogens is 290 g/mol. The maximum Gasteiger partial charge on any atom is 0.338 e. The zero-order chi connectivity index (χ0) is 16.3. The first-order valence-corrected chi connectivity index (χ1v) is 6.14. The van der Waals surface area contributed by atoms with E-state index in [-0.39, 0.29) is 17.2 Å². The standard InChI is InChI=1S/C13H13N5O4/c1-8-7-17(13(14)16-8)15-6-9-3-10(12(19)22-2)5-11(4-9)18(20)21/h3-7H,1-2H3,(H2,14,16). The van der Waals surface area contributed by atoms with E-state index in [1.165, 1.54) is 30.1 Å². The van der Waals surface area contributed by atoms with Crippen molar-refractivity contribution in [2.75, 3.05) is 12.8 Å². The molecule has 9 nitrogen and oxygen atoms in total. The molecule has 0 amide bonds. The Labute approximate surface area is 125 Å². The van der Waals surface area contributed by atoms with Crippen LogP contribution in [-0.4, -0.2) is 33.9 Å². The number of imidazole rings is 1. The highest BCUT2D eigenvalue weighted by Gasteiger charge is 2.14. The lowest BCUT2D eigenvalue weighted by Crippen LogP contribution is -2.04. The molecule has 0 aliphatic rings. The number of non-ortho nitro benzene ring substituents is 1. The van der Waals surface area contributed by atoms with Gasteiger partial charge in [0.2, 0.25) is 5.95 Å². The minimum absolute atomic E-state index is 0.0629. The Bertz CT molecular complexity index is 766. The first-order valence-electron chi connectivity index (χ1n) is 6.14. The molecule has 2 rings (SSSR count). The van der Waals surface area contributed by atoms with E-state index in [0.29, 0.717) is 11.3 Å². The summed E-state index contributed by atoms with van der Waals surface area (Å²) in [6, 6.07) is 3.86. The van der Waals surface area contributed by atoms with Gasteiger partial charge in [0.1, 0.15) is 0 Å². The van der Waals surface area contributed by atoms with Crippen LogP contribution >= 0.6 is 0 Å². The van der Waals surface area contributed by atoms with Crippen molar-refractivity contribution in [3.63, 3.8) is 0 Å². The third kappa shape index (κ3) is 3.26. The first kappa shape index (κ1) is 15.2. The van der Waals surface area contributed by atoms with Gasteiger partial charge in [0, 0.05) is 17.7 Å². The van der Waals surface area contributed by atoms with Crippen molar-refractivity contribution in [3.8, 4) is 0 Å². The number of anilines is 1. The van der Waals surface area contributed by atoms with Crippen molar-refractivity contribution >= 4 is 23.8 Å². The SMILES string of the molecule is COC(=O)c1cc(C=Nn2cc(C)nc2N)cc([N+](=O)[O-])c1. The van der Waals surface area contributed by atoms with Crippen LogP contribution in [0, 0.1) is 17.0 Å². The Morgan fingerprint density at radius 1 is 1.50 bits per heavy atom. The number of nitrogens with two attached hydrogens (primary N) is 1. The highest BCUT2D eigenvalue weighted by molar-refractivity contribution is 5.93. The molecule has 0 saturated heterocycles. The van der Waals surface area contributed by atoms with Crippen LogP contribution in [0.2, 0.25) is 0 Å². The molecule has 9 heteroatoms. The average Bonchev–Trinajstić information content (AvgIpc) is 2.81. The minimum Gasteiger partial charge on any atom is -0.465 e. The van der Waals surface area contributed by atoms with Gasteiger partial charge in [0.15, 0.2) is 0 Å². The van der Waals surface area contributed by atoms with Gasteiger partial charge in [-0.15, -0.1) is 0 Å². The first-order chi connectivity index (χ1) is 10.4. The van der Waals surface area contributed by atoms with Crippen LogP contribution in [0.1, 0.15) is 21.6 Å². The molecule has 22 heavy (non-hydrogen) atoms. The second-order valence-electron chi connectivity index (χ2n) is 4.39. The molecule has 0 unspecified atom stereocenters. The second kappa shape index (κ2) is 6.04. The number of hydrogen-bond donors (Lipinski definition) is 1. The van der Waals surface area contributed by atoms with Gasteiger partial charge in [-0.05, 0) is 13.0 Å². The van der Waals surface area contributed by atoms with Crippen LogP contribution in [-0.2, 0) is 4.74 Å². The van der Waals surface area contributed by atoms with Crippen molar-refractivity contribution in [2.24, 2.45) is 5.10 Å². The molecule has 0 bridgehead atoms. The molecule has 1 aromatic carbocycles. The fourth-order valence-corrected chi connectivity index (χ4v) is 1.78. The number of aryl methyl sites for hydroxylation is 1. The van der Waals surface area contributed by atoms with E-state index in [2.05, 4.69) is 14.8 Å². The van der Waals surface area contributed by atoms with Crippen molar-refractivity contribution in [1.82, 2.24) is 9.66 Å². The Hall–Kier alpha value is -3.23. The Morgan fingerprint density at radius 2 is 2.23 bits per heavy atom. The van der Waals surface area contributed by atoms with Gasteiger partial charge in [0.25, 0.3) is 5.69 Å². The number of rotatable bonds is 4. The molecule has 0 atom stereocenters. The van der Waals surface area contributed by atoms with Gasteiger partial charge in [-0.3, -0.25) is 10.1 Å².